The molecule has 88 valence electrons. The Morgan fingerprint density at radius 3 is 2.53 bits per heavy atom. The summed E-state index contributed by atoms with van der Waals surface area (Å²) in [5.41, 5.74) is 0. The molecule has 2 heterocycles. The molecule has 2 aliphatic rings. The van der Waals surface area contributed by atoms with Crippen LogP contribution in [0.5, 0.6) is 0 Å². The van der Waals surface area contributed by atoms with Crippen molar-refractivity contribution >= 4 is 11.8 Å². The van der Waals surface area contributed by atoms with Gasteiger partial charge in [-0.05, 0) is 12.8 Å². The van der Waals surface area contributed by atoms with E-state index in [4.69, 9.17) is 9.84 Å². The van der Waals surface area contributed by atoms with Gasteiger partial charge in [0.05, 0.1) is 18.0 Å². The molecule has 2 saturated heterocycles. The Hall–Kier alpha value is 0.150. The minimum absolute atomic E-state index is 0.235. The number of rotatable bonds is 1. The predicted octanol–water partition coefficient (Wildman–Crippen LogP) is -1.32. The Balaban J connectivity index is 2.19. The molecule has 0 aromatic rings. The third kappa shape index (κ3) is 1.79. The van der Waals surface area contributed by atoms with Gasteiger partial charge in [0, 0.05) is 6.61 Å². The van der Waals surface area contributed by atoms with Crippen LogP contribution in [-0.2, 0) is 4.74 Å². The Labute approximate surface area is 92.1 Å². The molecule has 2 fully saturated rings. The van der Waals surface area contributed by atoms with Crippen LogP contribution in [0.4, 0.5) is 0 Å². The summed E-state index contributed by atoms with van der Waals surface area (Å²) in [5.74, 6) is 0. The molecular weight excluding hydrogens is 220 g/mol. The number of aliphatic hydroxyl groups is 4. The van der Waals surface area contributed by atoms with E-state index in [1.807, 2.05) is 0 Å². The zero-order chi connectivity index (χ0) is 11.1. The smallest absolute Gasteiger partial charge is 0.142 e. The lowest BCUT2D eigenvalue weighted by atomic mass is 9.97. The highest BCUT2D eigenvalue weighted by molar-refractivity contribution is 8.01. The first-order chi connectivity index (χ1) is 7.10. The normalized spacial score (nSPS) is 51.2. The zero-order valence-electron chi connectivity index (χ0n) is 8.24. The fraction of sp³-hybridized carbons (Fsp3) is 1.00. The monoisotopic (exact) mass is 236 g/mol. The van der Waals surface area contributed by atoms with Gasteiger partial charge in [-0.3, -0.25) is 0 Å². The van der Waals surface area contributed by atoms with Gasteiger partial charge in [0.15, 0.2) is 0 Å². The summed E-state index contributed by atoms with van der Waals surface area (Å²) in [6.07, 6.45) is -1.99. The van der Waals surface area contributed by atoms with Crippen molar-refractivity contribution in [2.45, 2.75) is 41.3 Å². The minimum atomic E-state index is -1.25. The van der Waals surface area contributed by atoms with Crippen LogP contribution in [0.1, 0.15) is 12.8 Å². The van der Waals surface area contributed by atoms with Crippen molar-refractivity contribution in [3.05, 3.63) is 0 Å². The lowest BCUT2D eigenvalue weighted by Crippen LogP contribution is -2.59. The number of aliphatic hydroxyl groups excluding tert-OH is 4. The topological polar surface area (TPSA) is 90.2 Å². The molecule has 5 atom stereocenters. The first-order valence-corrected chi connectivity index (χ1v) is 5.95. The van der Waals surface area contributed by atoms with Crippen LogP contribution < -0.4 is 0 Å². The van der Waals surface area contributed by atoms with Gasteiger partial charge in [0.25, 0.3) is 0 Å². The zero-order valence-corrected chi connectivity index (χ0v) is 9.06. The molecule has 0 aromatic heterocycles. The van der Waals surface area contributed by atoms with Crippen LogP contribution in [0.25, 0.3) is 0 Å². The van der Waals surface area contributed by atoms with E-state index < -0.39 is 28.5 Å². The molecule has 1 unspecified atom stereocenters. The average Bonchev–Trinajstić information content (AvgIpc) is 2.70. The minimum Gasteiger partial charge on any atom is -0.395 e. The van der Waals surface area contributed by atoms with Crippen molar-refractivity contribution in [3.63, 3.8) is 0 Å². The lowest BCUT2D eigenvalue weighted by Gasteiger charge is -2.45. The Morgan fingerprint density at radius 2 is 2.00 bits per heavy atom. The van der Waals surface area contributed by atoms with E-state index in [1.165, 1.54) is 11.8 Å². The summed E-state index contributed by atoms with van der Waals surface area (Å²) in [6.45, 7) is 0.311. The Kier molecular flexibility index (Phi) is 3.25. The van der Waals surface area contributed by atoms with E-state index in [0.29, 0.717) is 13.0 Å². The highest BCUT2D eigenvalue weighted by Crippen LogP contribution is 2.47. The summed E-state index contributed by atoms with van der Waals surface area (Å²) >= 11 is 1.23. The molecular formula is C9H16O5S. The fourth-order valence-corrected chi connectivity index (χ4v) is 3.75. The van der Waals surface area contributed by atoms with Gasteiger partial charge < -0.3 is 25.2 Å². The summed E-state index contributed by atoms with van der Waals surface area (Å²) in [7, 11) is 0. The van der Waals surface area contributed by atoms with E-state index in [1.54, 1.807) is 0 Å². The van der Waals surface area contributed by atoms with Gasteiger partial charge in [-0.2, -0.15) is 0 Å². The maximum Gasteiger partial charge on any atom is 0.142 e. The van der Waals surface area contributed by atoms with Gasteiger partial charge in [-0.25, -0.2) is 0 Å². The fourth-order valence-electron chi connectivity index (χ4n) is 2.17. The molecule has 0 aliphatic carbocycles. The highest BCUT2D eigenvalue weighted by Gasteiger charge is 2.54. The van der Waals surface area contributed by atoms with Crippen LogP contribution in [0, 0.1) is 0 Å². The van der Waals surface area contributed by atoms with Crippen LogP contribution in [-0.4, -0.2) is 62.1 Å². The second-order valence-electron chi connectivity index (χ2n) is 4.03. The van der Waals surface area contributed by atoms with Crippen LogP contribution in [0.3, 0.4) is 0 Å². The van der Waals surface area contributed by atoms with Crippen molar-refractivity contribution in [3.8, 4) is 0 Å². The molecule has 0 radical (unpaired) electrons. The summed E-state index contributed by atoms with van der Waals surface area (Å²) in [5, 5.41) is 37.7. The van der Waals surface area contributed by atoms with E-state index in [2.05, 4.69) is 0 Å². The third-order valence-corrected chi connectivity index (χ3v) is 4.74. The SMILES string of the molecule is OC[C@H]1SC2(CCCO2)[C@H](O)[C@@H](O)[C@@H]1O. The molecule has 1 spiro atoms. The molecule has 2 rings (SSSR count). The largest absolute Gasteiger partial charge is 0.395 e. The molecule has 15 heavy (non-hydrogen) atoms. The molecule has 5 nitrogen and oxygen atoms in total. The number of thioether (sulfide) groups is 1. The van der Waals surface area contributed by atoms with E-state index in [9.17, 15) is 15.3 Å². The van der Waals surface area contributed by atoms with Crippen molar-refractivity contribution in [1.29, 1.82) is 0 Å². The first kappa shape index (κ1) is 11.6. The quantitative estimate of drug-likeness (QED) is 0.452. The molecule has 0 amide bonds. The molecule has 4 N–H and O–H groups in total. The number of hydrogen-bond acceptors (Lipinski definition) is 6. The molecule has 2 aliphatic heterocycles. The molecule has 0 aromatic carbocycles. The number of ether oxygens (including phenoxy) is 1. The lowest BCUT2D eigenvalue weighted by molar-refractivity contribution is -0.133. The Bertz CT molecular complexity index is 229. The van der Waals surface area contributed by atoms with Gasteiger partial charge in [-0.15, -0.1) is 11.8 Å². The van der Waals surface area contributed by atoms with Crippen LogP contribution >= 0.6 is 11.8 Å². The van der Waals surface area contributed by atoms with E-state index >= 15 is 0 Å². The van der Waals surface area contributed by atoms with Crippen molar-refractivity contribution in [1.82, 2.24) is 0 Å². The second-order valence-corrected chi connectivity index (χ2v) is 5.56. The Morgan fingerprint density at radius 1 is 1.27 bits per heavy atom. The van der Waals surface area contributed by atoms with Gasteiger partial charge in [0.2, 0.25) is 0 Å². The second kappa shape index (κ2) is 4.20. The maximum atomic E-state index is 9.87. The molecule has 0 bridgehead atoms. The molecule has 6 heteroatoms. The van der Waals surface area contributed by atoms with Crippen LogP contribution in [0.2, 0.25) is 0 Å². The van der Waals surface area contributed by atoms with Gasteiger partial charge in [-0.1, -0.05) is 0 Å². The predicted molar refractivity (Wildman–Crippen MR) is 54.4 cm³/mol. The van der Waals surface area contributed by atoms with Crippen LogP contribution in [0.15, 0.2) is 0 Å². The van der Waals surface area contributed by atoms with Crippen molar-refractivity contribution in [2.24, 2.45) is 0 Å². The third-order valence-electron chi connectivity index (χ3n) is 3.05. The van der Waals surface area contributed by atoms with Crippen molar-refractivity contribution < 1.29 is 25.2 Å². The maximum absolute atomic E-state index is 9.87. The average molecular weight is 236 g/mol. The summed E-state index contributed by atoms with van der Waals surface area (Å²) in [6, 6.07) is 0. The summed E-state index contributed by atoms with van der Waals surface area (Å²) < 4.78 is 5.48. The highest BCUT2D eigenvalue weighted by atomic mass is 32.2. The van der Waals surface area contributed by atoms with Gasteiger partial charge >= 0.3 is 0 Å². The van der Waals surface area contributed by atoms with E-state index in [-0.39, 0.29) is 6.61 Å². The van der Waals surface area contributed by atoms with Gasteiger partial charge in [0.1, 0.15) is 17.1 Å². The standard InChI is InChI=1S/C9H16O5S/c10-4-5-6(11)7(12)8(13)9(15-5)2-1-3-14-9/h5-8,10-13H,1-4H2/t5-,6-,7+,8-,9?/m1/s1. The first-order valence-electron chi connectivity index (χ1n) is 5.07. The van der Waals surface area contributed by atoms with Crippen molar-refractivity contribution in [2.75, 3.05) is 13.2 Å². The molecule has 0 saturated carbocycles. The number of hydrogen-bond donors (Lipinski definition) is 4. The van der Waals surface area contributed by atoms with E-state index in [0.717, 1.165) is 6.42 Å². The summed E-state index contributed by atoms with van der Waals surface area (Å²) in [4.78, 5) is -0.841.